The topological polar surface area (TPSA) is 121 Å². The predicted molar refractivity (Wildman–Crippen MR) is 72.9 cm³/mol. The lowest BCUT2D eigenvalue weighted by atomic mass is 10.0. The predicted octanol–water partition coefficient (Wildman–Crippen LogP) is -0.931. The molecule has 128 valence electrons. The summed E-state index contributed by atoms with van der Waals surface area (Å²) in [4.78, 5) is 45.7. The lowest BCUT2D eigenvalue weighted by Crippen LogP contribution is -2.51. The number of esters is 3. The fraction of sp³-hybridized carbons (Fsp3) is 0.714. The number of rotatable bonds is 4. The van der Waals surface area contributed by atoms with Gasteiger partial charge in [-0.3, -0.25) is 19.2 Å². The van der Waals surface area contributed by atoms with Gasteiger partial charge >= 0.3 is 17.9 Å². The minimum atomic E-state index is -1.07. The van der Waals surface area contributed by atoms with Crippen molar-refractivity contribution < 1.29 is 38.1 Å². The Hall–Kier alpha value is -2.16. The van der Waals surface area contributed by atoms with E-state index >= 15 is 0 Å². The van der Waals surface area contributed by atoms with Gasteiger partial charge in [0.05, 0.1) is 6.61 Å². The van der Waals surface area contributed by atoms with Crippen LogP contribution in [0.3, 0.4) is 0 Å². The van der Waals surface area contributed by atoms with Gasteiger partial charge < -0.3 is 24.3 Å². The maximum atomic E-state index is 11.5. The van der Waals surface area contributed by atoms with Crippen LogP contribution in [0.2, 0.25) is 0 Å². The van der Waals surface area contributed by atoms with Gasteiger partial charge in [0.2, 0.25) is 5.91 Å². The van der Waals surface area contributed by atoms with E-state index in [1.54, 1.807) is 0 Å². The Morgan fingerprint density at radius 3 is 1.78 bits per heavy atom. The number of hydrogen-bond acceptors (Lipinski definition) is 8. The highest BCUT2D eigenvalue weighted by molar-refractivity contribution is 5.74. The fourth-order valence-corrected chi connectivity index (χ4v) is 2.94. The highest BCUT2D eigenvalue weighted by Gasteiger charge is 2.73. The first kappa shape index (κ1) is 17.2. The van der Waals surface area contributed by atoms with Gasteiger partial charge in [0.25, 0.3) is 0 Å². The van der Waals surface area contributed by atoms with Crippen molar-refractivity contribution >= 4 is 23.8 Å². The molecule has 2 fully saturated rings. The summed E-state index contributed by atoms with van der Waals surface area (Å²) in [5.74, 6) is -2.25. The summed E-state index contributed by atoms with van der Waals surface area (Å²) in [5, 5.41) is 2.63. The van der Waals surface area contributed by atoms with Gasteiger partial charge in [0.1, 0.15) is 6.04 Å². The summed E-state index contributed by atoms with van der Waals surface area (Å²) in [6.45, 7) is 5.04. The summed E-state index contributed by atoms with van der Waals surface area (Å²) in [7, 11) is 0. The molecule has 2 rings (SSSR count). The van der Waals surface area contributed by atoms with Crippen LogP contribution in [-0.2, 0) is 38.1 Å². The van der Waals surface area contributed by atoms with Crippen molar-refractivity contribution in [2.24, 2.45) is 0 Å². The van der Waals surface area contributed by atoms with Crippen molar-refractivity contribution in [3.8, 4) is 0 Å². The maximum Gasteiger partial charge on any atom is 0.303 e. The lowest BCUT2D eigenvalue weighted by molar-refractivity contribution is -0.176. The molecule has 1 amide bonds. The van der Waals surface area contributed by atoms with Gasteiger partial charge in [-0.05, 0) is 0 Å². The molecule has 9 heteroatoms. The van der Waals surface area contributed by atoms with E-state index < -0.39 is 47.9 Å². The molecule has 1 saturated carbocycles. The van der Waals surface area contributed by atoms with Crippen LogP contribution in [0.25, 0.3) is 0 Å². The van der Waals surface area contributed by atoms with Crippen LogP contribution in [0.4, 0.5) is 0 Å². The van der Waals surface area contributed by atoms with E-state index in [-0.39, 0.29) is 12.5 Å². The number of epoxide rings is 1. The second kappa shape index (κ2) is 6.15. The van der Waals surface area contributed by atoms with E-state index in [1.165, 1.54) is 27.7 Å². The van der Waals surface area contributed by atoms with Crippen molar-refractivity contribution in [3.63, 3.8) is 0 Å². The minimum Gasteiger partial charge on any atom is -0.456 e. The van der Waals surface area contributed by atoms with Crippen LogP contribution in [0, 0.1) is 0 Å². The summed E-state index contributed by atoms with van der Waals surface area (Å²) >= 11 is 0. The number of carbonyl (C=O) groups is 4. The molecule has 1 saturated heterocycles. The van der Waals surface area contributed by atoms with Gasteiger partial charge in [0.15, 0.2) is 23.9 Å². The molecule has 1 heterocycles. The van der Waals surface area contributed by atoms with Crippen LogP contribution in [0.5, 0.6) is 0 Å². The molecule has 9 nitrogen and oxygen atoms in total. The van der Waals surface area contributed by atoms with Crippen molar-refractivity contribution in [2.75, 3.05) is 6.61 Å². The summed E-state index contributed by atoms with van der Waals surface area (Å²) in [6, 6.07) is -0.794. The molecule has 23 heavy (non-hydrogen) atoms. The first-order chi connectivity index (χ1) is 10.7. The molecule has 1 N–H and O–H groups in total. The molecule has 1 spiro atoms. The Bertz CT molecular complexity index is 497. The minimum absolute atomic E-state index is 0.172. The van der Waals surface area contributed by atoms with Crippen LogP contribution >= 0.6 is 0 Å². The maximum absolute atomic E-state index is 11.5. The average Bonchev–Trinajstić information content (AvgIpc) is 3.14. The molecule has 0 bridgehead atoms. The van der Waals surface area contributed by atoms with E-state index in [1.807, 2.05) is 0 Å². The van der Waals surface area contributed by atoms with Crippen molar-refractivity contribution in [3.05, 3.63) is 0 Å². The number of hydrogen-bond donors (Lipinski definition) is 1. The highest BCUT2D eigenvalue weighted by atomic mass is 16.7. The lowest BCUT2D eigenvalue weighted by Gasteiger charge is -2.25. The van der Waals surface area contributed by atoms with E-state index in [4.69, 9.17) is 18.9 Å². The SMILES string of the molecule is CC(=O)N[C@H]1[C@@H](OC(C)=O)[C@H](OC(C)=O)[C@@H](OC(C)=O)[C@@]12CO2. The molecular formula is C14H19NO8. The molecule has 0 unspecified atom stereocenters. The first-order valence-electron chi connectivity index (χ1n) is 7.10. The third-order valence-corrected chi connectivity index (χ3v) is 3.69. The monoisotopic (exact) mass is 329 g/mol. The number of nitrogens with one attached hydrogen (secondary N) is 1. The van der Waals surface area contributed by atoms with Crippen molar-refractivity contribution in [2.45, 2.75) is 57.6 Å². The third kappa shape index (κ3) is 3.44. The largest absolute Gasteiger partial charge is 0.456 e. The molecule has 2 aliphatic rings. The molecule has 0 aromatic rings. The number of carbonyl (C=O) groups excluding carboxylic acids is 4. The van der Waals surface area contributed by atoms with Gasteiger partial charge in [-0.2, -0.15) is 0 Å². The standard InChI is InChI=1S/C14H19NO8/c1-6(16)15-12-10(21-7(2)17)11(22-8(3)18)13(23-9(4)19)14(12)5-20-14/h10-13H,5H2,1-4H3,(H,15,16)/t10-,11-,12-,13+,14+/m0/s1. The molecule has 0 aromatic heterocycles. The Balaban J connectivity index is 2.39. The van der Waals surface area contributed by atoms with Crippen molar-refractivity contribution in [1.29, 1.82) is 0 Å². The van der Waals surface area contributed by atoms with Gasteiger partial charge in [-0.15, -0.1) is 0 Å². The van der Waals surface area contributed by atoms with Gasteiger partial charge in [-0.1, -0.05) is 0 Å². The molecule has 0 radical (unpaired) electrons. The molecular weight excluding hydrogens is 310 g/mol. The zero-order valence-corrected chi connectivity index (χ0v) is 13.3. The molecule has 0 aromatic carbocycles. The van der Waals surface area contributed by atoms with E-state index in [9.17, 15) is 19.2 Å². The average molecular weight is 329 g/mol. The Labute approximate surface area is 132 Å². The number of ether oxygens (including phenoxy) is 4. The first-order valence-corrected chi connectivity index (χ1v) is 7.10. The fourth-order valence-electron chi connectivity index (χ4n) is 2.94. The van der Waals surface area contributed by atoms with E-state index in [2.05, 4.69) is 5.32 Å². The van der Waals surface area contributed by atoms with Crippen LogP contribution < -0.4 is 5.32 Å². The second-order valence-electron chi connectivity index (χ2n) is 5.60. The summed E-state index contributed by atoms with van der Waals surface area (Å²) < 4.78 is 21.1. The zero-order chi connectivity index (χ0) is 17.4. The van der Waals surface area contributed by atoms with Crippen LogP contribution in [-0.4, -0.2) is 60.4 Å². The van der Waals surface area contributed by atoms with Crippen LogP contribution in [0.15, 0.2) is 0 Å². The van der Waals surface area contributed by atoms with E-state index in [0.717, 1.165) is 0 Å². The van der Waals surface area contributed by atoms with Crippen LogP contribution in [0.1, 0.15) is 27.7 Å². The second-order valence-corrected chi connectivity index (χ2v) is 5.60. The van der Waals surface area contributed by atoms with E-state index in [0.29, 0.717) is 0 Å². The van der Waals surface area contributed by atoms with Crippen molar-refractivity contribution in [1.82, 2.24) is 5.32 Å². The Kier molecular flexibility index (Phi) is 4.60. The summed E-state index contributed by atoms with van der Waals surface area (Å²) in [6.07, 6.45) is -3.07. The Morgan fingerprint density at radius 1 is 0.913 bits per heavy atom. The summed E-state index contributed by atoms with van der Waals surface area (Å²) in [5.41, 5.74) is -1.07. The van der Waals surface area contributed by atoms with Gasteiger partial charge in [0, 0.05) is 27.7 Å². The molecule has 1 aliphatic carbocycles. The molecule has 5 atom stereocenters. The van der Waals surface area contributed by atoms with Gasteiger partial charge in [-0.25, -0.2) is 0 Å². The normalized spacial score (nSPS) is 34.6. The zero-order valence-electron chi connectivity index (χ0n) is 13.3. The Morgan fingerprint density at radius 2 is 1.39 bits per heavy atom. The number of amides is 1. The highest BCUT2D eigenvalue weighted by Crippen LogP contribution is 2.48. The smallest absolute Gasteiger partial charge is 0.303 e. The quantitative estimate of drug-likeness (QED) is 0.399. The third-order valence-electron chi connectivity index (χ3n) is 3.69. The molecule has 1 aliphatic heterocycles.